The van der Waals surface area contributed by atoms with Crippen molar-refractivity contribution >= 4 is 12.1 Å². The Morgan fingerprint density at radius 1 is 1.50 bits per heavy atom. The van der Waals surface area contributed by atoms with E-state index in [1.54, 1.807) is 6.92 Å². The van der Waals surface area contributed by atoms with E-state index in [0.717, 1.165) is 0 Å². The fraction of sp³-hybridized carbons (Fsp3) is 0.778. The number of carbonyl (C=O) groups is 2. The average Bonchev–Trinajstić information content (AvgIpc) is 2.48. The molecule has 1 heterocycles. The molecule has 1 fully saturated rings. The number of hydrogen-bond donors (Lipinski definition) is 1. The predicted octanol–water partition coefficient (Wildman–Crippen LogP) is 0.795. The Kier molecular flexibility index (Phi) is 3.33. The van der Waals surface area contributed by atoms with Gasteiger partial charge in [-0.25, -0.2) is 4.79 Å². The lowest BCUT2D eigenvalue weighted by molar-refractivity contribution is -0.142. The van der Waals surface area contributed by atoms with Crippen LogP contribution >= 0.6 is 0 Å². The summed E-state index contributed by atoms with van der Waals surface area (Å²) in [5, 5.41) is 8.83. The van der Waals surface area contributed by atoms with Crippen LogP contribution in [0.25, 0.3) is 0 Å². The Morgan fingerprint density at radius 3 is 2.57 bits per heavy atom. The van der Waals surface area contributed by atoms with Crippen LogP contribution in [-0.2, 0) is 9.53 Å². The maximum atomic E-state index is 11.3. The summed E-state index contributed by atoms with van der Waals surface area (Å²) in [6, 6.07) is 0. The van der Waals surface area contributed by atoms with Gasteiger partial charge in [0.1, 0.15) is 0 Å². The standard InChI is InChI=1S/C9H15NO4/c1-3-14-9(13)10-4-6(2)7(5-10)8(11)12/h6-7H,3-5H2,1-2H3,(H,11,12)/t6-,7-/m1/s1. The monoisotopic (exact) mass is 201 g/mol. The van der Waals surface area contributed by atoms with Gasteiger partial charge in [0.2, 0.25) is 0 Å². The summed E-state index contributed by atoms with van der Waals surface area (Å²) in [6.07, 6.45) is -0.414. The largest absolute Gasteiger partial charge is 0.481 e. The fourth-order valence-corrected chi connectivity index (χ4v) is 1.65. The first-order chi connectivity index (χ1) is 6.56. The lowest BCUT2D eigenvalue weighted by atomic mass is 9.99. The van der Waals surface area contributed by atoms with E-state index in [1.165, 1.54) is 4.90 Å². The third kappa shape index (κ3) is 2.16. The van der Waals surface area contributed by atoms with Crippen molar-refractivity contribution in [1.82, 2.24) is 4.90 Å². The summed E-state index contributed by atoms with van der Waals surface area (Å²) in [4.78, 5) is 23.5. The molecule has 1 rings (SSSR count). The number of carboxylic acid groups (broad SMARTS) is 1. The highest BCUT2D eigenvalue weighted by Gasteiger charge is 2.37. The second-order valence-electron chi connectivity index (χ2n) is 3.53. The summed E-state index contributed by atoms with van der Waals surface area (Å²) in [5.74, 6) is -1.30. The fourth-order valence-electron chi connectivity index (χ4n) is 1.65. The summed E-state index contributed by atoms with van der Waals surface area (Å²) >= 11 is 0. The SMILES string of the molecule is CCOC(=O)N1C[C@@H](C)[C@H](C(=O)O)C1. The number of amides is 1. The van der Waals surface area contributed by atoms with Crippen molar-refractivity contribution in [3.8, 4) is 0 Å². The van der Waals surface area contributed by atoms with Gasteiger partial charge >= 0.3 is 12.1 Å². The Hall–Kier alpha value is -1.26. The number of rotatable bonds is 2. The molecule has 14 heavy (non-hydrogen) atoms. The molecule has 0 spiro atoms. The highest BCUT2D eigenvalue weighted by Crippen LogP contribution is 2.23. The molecule has 1 N–H and O–H groups in total. The van der Waals surface area contributed by atoms with E-state index < -0.39 is 18.0 Å². The minimum atomic E-state index is -0.843. The van der Waals surface area contributed by atoms with Gasteiger partial charge in [-0.1, -0.05) is 6.92 Å². The zero-order valence-corrected chi connectivity index (χ0v) is 8.40. The zero-order chi connectivity index (χ0) is 10.7. The van der Waals surface area contributed by atoms with Crippen molar-refractivity contribution < 1.29 is 19.4 Å². The van der Waals surface area contributed by atoms with Crippen molar-refractivity contribution in [3.63, 3.8) is 0 Å². The Labute approximate surface area is 82.6 Å². The third-order valence-electron chi connectivity index (χ3n) is 2.46. The van der Waals surface area contributed by atoms with Crippen molar-refractivity contribution in [2.75, 3.05) is 19.7 Å². The number of carbonyl (C=O) groups excluding carboxylic acids is 1. The molecule has 80 valence electrons. The summed E-state index contributed by atoms with van der Waals surface area (Å²) in [7, 11) is 0. The molecule has 1 saturated heterocycles. The van der Waals surface area contributed by atoms with Gasteiger partial charge in [0.05, 0.1) is 12.5 Å². The van der Waals surface area contributed by atoms with Crippen LogP contribution in [0.5, 0.6) is 0 Å². The molecule has 5 nitrogen and oxygen atoms in total. The molecular weight excluding hydrogens is 186 g/mol. The molecule has 0 aromatic carbocycles. The van der Waals surface area contributed by atoms with E-state index in [2.05, 4.69) is 0 Å². The Morgan fingerprint density at radius 2 is 2.14 bits per heavy atom. The van der Waals surface area contributed by atoms with Gasteiger partial charge < -0.3 is 14.7 Å². The van der Waals surface area contributed by atoms with E-state index in [0.29, 0.717) is 13.2 Å². The maximum absolute atomic E-state index is 11.3. The molecule has 1 aliphatic heterocycles. The van der Waals surface area contributed by atoms with E-state index in [-0.39, 0.29) is 12.5 Å². The van der Waals surface area contributed by atoms with Crippen molar-refractivity contribution in [1.29, 1.82) is 0 Å². The molecule has 5 heteroatoms. The van der Waals surface area contributed by atoms with Gasteiger partial charge in [-0.2, -0.15) is 0 Å². The molecule has 0 saturated carbocycles. The molecule has 0 aliphatic carbocycles. The molecule has 0 unspecified atom stereocenters. The number of hydrogen-bond acceptors (Lipinski definition) is 3. The van der Waals surface area contributed by atoms with E-state index in [1.807, 2.05) is 6.92 Å². The maximum Gasteiger partial charge on any atom is 0.409 e. The molecule has 1 amide bonds. The highest BCUT2D eigenvalue weighted by atomic mass is 16.6. The Balaban J connectivity index is 2.54. The van der Waals surface area contributed by atoms with E-state index in [9.17, 15) is 9.59 Å². The Bertz CT molecular complexity index is 241. The topological polar surface area (TPSA) is 66.8 Å². The molecule has 0 aromatic heterocycles. The van der Waals surface area contributed by atoms with Gasteiger partial charge in [0, 0.05) is 13.1 Å². The third-order valence-corrected chi connectivity index (χ3v) is 2.46. The van der Waals surface area contributed by atoms with Crippen molar-refractivity contribution in [3.05, 3.63) is 0 Å². The smallest absolute Gasteiger partial charge is 0.409 e. The van der Waals surface area contributed by atoms with Gasteiger partial charge in [-0.3, -0.25) is 4.79 Å². The molecule has 0 radical (unpaired) electrons. The van der Waals surface area contributed by atoms with Crippen molar-refractivity contribution in [2.24, 2.45) is 11.8 Å². The van der Waals surface area contributed by atoms with Crippen LogP contribution in [0.15, 0.2) is 0 Å². The second-order valence-corrected chi connectivity index (χ2v) is 3.53. The molecule has 2 atom stereocenters. The van der Waals surface area contributed by atoms with Crippen LogP contribution in [0.3, 0.4) is 0 Å². The number of aliphatic carboxylic acids is 1. The molecule has 1 aliphatic rings. The van der Waals surface area contributed by atoms with Crippen LogP contribution in [-0.4, -0.2) is 41.8 Å². The summed E-state index contributed by atoms with van der Waals surface area (Å²) < 4.78 is 4.80. The minimum Gasteiger partial charge on any atom is -0.481 e. The summed E-state index contributed by atoms with van der Waals surface area (Å²) in [5.41, 5.74) is 0. The quantitative estimate of drug-likeness (QED) is 0.717. The van der Waals surface area contributed by atoms with Crippen LogP contribution in [0.2, 0.25) is 0 Å². The van der Waals surface area contributed by atoms with E-state index in [4.69, 9.17) is 9.84 Å². The highest BCUT2D eigenvalue weighted by molar-refractivity contribution is 5.74. The number of carboxylic acids is 1. The van der Waals surface area contributed by atoms with Crippen LogP contribution in [0, 0.1) is 11.8 Å². The lowest BCUT2D eigenvalue weighted by Gasteiger charge is -2.14. The number of likely N-dealkylation sites (tertiary alicyclic amines) is 1. The lowest BCUT2D eigenvalue weighted by Crippen LogP contribution is -2.30. The van der Waals surface area contributed by atoms with Crippen LogP contribution in [0.4, 0.5) is 4.79 Å². The van der Waals surface area contributed by atoms with Crippen molar-refractivity contribution in [2.45, 2.75) is 13.8 Å². The van der Waals surface area contributed by atoms with E-state index >= 15 is 0 Å². The molecular formula is C9H15NO4. The number of ether oxygens (including phenoxy) is 1. The second kappa shape index (κ2) is 4.30. The first-order valence-electron chi connectivity index (χ1n) is 4.70. The molecule has 0 bridgehead atoms. The normalized spacial score (nSPS) is 26.3. The minimum absolute atomic E-state index is 0.00286. The van der Waals surface area contributed by atoms with Gasteiger partial charge in [-0.15, -0.1) is 0 Å². The van der Waals surface area contributed by atoms with Crippen LogP contribution < -0.4 is 0 Å². The first kappa shape index (κ1) is 10.8. The van der Waals surface area contributed by atoms with Crippen LogP contribution in [0.1, 0.15) is 13.8 Å². The van der Waals surface area contributed by atoms with Gasteiger partial charge in [-0.05, 0) is 12.8 Å². The summed E-state index contributed by atoms with van der Waals surface area (Å²) in [6.45, 7) is 4.61. The molecule has 0 aromatic rings. The first-order valence-corrected chi connectivity index (χ1v) is 4.70. The number of nitrogens with zero attached hydrogens (tertiary/aromatic N) is 1. The zero-order valence-electron chi connectivity index (χ0n) is 8.40. The van der Waals surface area contributed by atoms with Gasteiger partial charge in [0.25, 0.3) is 0 Å². The predicted molar refractivity (Wildman–Crippen MR) is 48.9 cm³/mol. The van der Waals surface area contributed by atoms with Gasteiger partial charge in [0.15, 0.2) is 0 Å². The average molecular weight is 201 g/mol.